The maximum absolute atomic E-state index is 12.4. The lowest BCUT2D eigenvalue weighted by molar-refractivity contribution is 0.107. The van der Waals surface area contributed by atoms with Crippen molar-refractivity contribution in [2.45, 2.75) is 57.2 Å². The lowest BCUT2D eigenvalue weighted by Gasteiger charge is -2.30. The maximum atomic E-state index is 12.4. The molecule has 0 bridgehead atoms. The van der Waals surface area contributed by atoms with Crippen LogP contribution >= 0.6 is 0 Å². The van der Waals surface area contributed by atoms with Crippen molar-refractivity contribution in [3.63, 3.8) is 0 Å². The van der Waals surface area contributed by atoms with Crippen molar-refractivity contribution >= 4 is 0 Å². The number of fused-ring (bicyclic) bond motifs is 1. The summed E-state index contributed by atoms with van der Waals surface area (Å²) in [5.41, 5.74) is 3.41. The average molecular weight is 353 g/mol. The molecule has 2 heterocycles. The van der Waals surface area contributed by atoms with E-state index in [9.17, 15) is 4.79 Å². The number of benzene rings is 1. The quantitative estimate of drug-likeness (QED) is 0.898. The van der Waals surface area contributed by atoms with Crippen LogP contribution in [0.3, 0.4) is 0 Å². The monoisotopic (exact) mass is 353 g/mol. The number of aromatic nitrogens is 2. The van der Waals surface area contributed by atoms with Crippen molar-refractivity contribution in [1.82, 2.24) is 15.1 Å². The molecule has 0 spiro atoms. The van der Waals surface area contributed by atoms with E-state index >= 15 is 0 Å². The van der Waals surface area contributed by atoms with E-state index in [1.165, 1.54) is 5.56 Å². The molecule has 1 aliphatic heterocycles. The zero-order chi connectivity index (χ0) is 17.8. The Morgan fingerprint density at radius 3 is 2.77 bits per heavy atom. The van der Waals surface area contributed by atoms with E-state index in [0.29, 0.717) is 19.3 Å². The zero-order valence-electron chi connectivity index (χ0n) is 15.2. The fraction of sp³-hybridized carbons (Fsp3) is 0.524. The van der Waals surface area contributed by atoms with Gasteiger partial charge in [0.25, 0.3) is 5.56 Å². The Balaban J connectivity index is 1.30. The first-order chi connectivity index (χ1) is 12.8. The Morgan fingerprint density at radius 1 is 1.15 bits per heavy atom. The summed E-state index contributed by atoms with van der Waals surface area (Å²) in [7, 11) is 0. The van der Waals surface area contributed by atoms with Crippen molar-refractivity contribution < 1.29 is 4.74 Å². The Kier molecular flexibility index (Phi) is 5.46. The highest BCUT2D eigenvalue weighted by Crippen LogP contribution is 2.27. The van der Waals surface area contributed by atoms with Gasteiger partial charge in [-0.3, -0.25) is 4.79 Å². The average Bonchev–Trinajstić information content (AvgIpc) is 2.69. The number of ether oxygens (including phenoxy) is 1. The summed E-state index contributed by atoms with van der Waals surface area (Å²) in [4.78, 5) is 12.4. The molecule has 5 nitrogen and oxygen atoms in total. The Hall–Kier alpha value is -1.98. The van der Waals surface area contributed by atoms with Gasteiger partial charge in [-0.15, -0.1) is 0 Å². The second-order valence-corrected chi connectivity index (χ2v) is 7.40. The number of nitrogens with one attached hydrogen (secondary N) is 1. The Morgan fingerprint density at radius 2 is 1.96 bits per heavy atom. The summed E-state index contributed by atoms with van der Waals surface area (Å²) in [6.45, 7) is 2.24. The molecular weight excluding hydrogens is 326 g/mol. The molecule has 1 N–H and O–H groups in total. The van der Waals surface area contributed by atoms with E-state index in [-0.39, 0.29) is 11.6 Å². The Bertz CT molecular complexity index is 780. The molecule has 1 fully saturated rings. The SMILES string of the molecule is O=c1cc2c(nn1C1CCC(NCCc3ccccc3)CC1)CCOC2. The molecular formula is C21H27N3O2. The lowest BCUT2D eigenvalue weighted by atomic mass is 9.91. The molecule has 2 aromatic rings. The van der Waals surface area contributed by atoms with Crippen LogP contribution in [0.25, 0.3) is 0 Å². The third kappa shape index (κ3) is 4.05. The van der Waals surface area contributed by atoms with E-state index in [1.807, 2.05) is 0 Å². The summed E-state index contributed by atoms with van der Waals surface area (Å²) in [6.07, 6.45) is 6.12. The normalized spacial score (nSPS) is 22.8. The molecule has 2 aliphatic rings. The molecule has 1 aliphatic carbocycles. The fourth-order valence-corrected chi connectivity index (χ4v) is 4.08. The van der Waals surface area contributed by atoms with E-state index in [4.69, 9.17) is 4.74 Å². The molecule has 4 rings (SSSR count). The first kappa shape index (κ1) is 17.4. The molecule has 0 radical (unpaired) electrons. The molecule has 0 saturated heterocycles. The molecule has 1 aromatic heterocycles. The van der Waals surface area contributed by atoms with E-state index in [2.05, 4.69) is 40.7 Å². The predicted octanol–water partition coefficient (Wildman–Crippen LogP) is 2.63. The summed E-state index contributed by atoms with van der Waals surface area (Å²) >= 11 is 0. The van der Waals surface area contributed by atoms with E-state index in [1.54, 1.807) is 10.7 Å². The minimum absolute atomic E-state index is 0.0229. The lowest BCUT2D eigenvalue weighted by Crippen LogP contribution is -2.38. The van der Waals surface area contributed by atoms with Crippen LogP contribution in [0, 0.1) is 0 Å². The van der Waals surface area contributed by atoms with Crippen molar-refractivity contribution in [3.05, 3.63) is 63.6 Å². The Labute approximate surface area is 154 Å². The van der Waals surface area contributed by atoms with Crippen molar-refractivity contribution in [2.24, 2.45) is 0 Å². The van der Waals surface area contributed by atoms with Gasteiger partial charge in [-0.1, -0.05) is 30.3 Å². The highest BCUT2D eigenvalue weighted by atomic mass is 16.5. The first-order valence-electron chi connectivity index (χ1n) is 9.76. The van der Waals surface area contributed by atoms with Crippen LogP contribution in [-0.2, 0) is 24.2 Å². The predicted molar refractivity (Wildman–Crippen MR) is 101 cm³/mol. The van der Waals surface area contributed by atoms with Crippen LogP contribution in [0.2, 0.25) is 0 Å². The molecule has 5 heteroatoms. The molecule has 26 heavy (non-hydrogen) atoms. The van der Waals surface area contributed by atoms with Gasteiger partial charge in [0.1, 0.15) is 0 Å². The molecule has 138 valence electrons. The number of hydrogen-bond donors (Lipinski definition) is 1. The van der Waals surface area contributed by atoms with Crippen molar-refractivity contribution in [1.29, 1.82) is 0 Å². The topological polar surface area (TPSA) is 56.2 Å². The summed E-state index contributed by atoms with van der Waals surface area (Å²) in [6, 6.07) is 13.1. The highest BCUT2D eigenvalue weighted by molar-refractivity contribution is 5.19. The van der Waals surface area contributed by atoms with E-state index < -0.39 is 0 Å². The maximum Gasteiger partial charge on any atom is 0.267 e. The molecule has 0 unspecified atom stereocenters. The van der Waals surface area contributed by atoms with Crippen LogP contribution in [0.1, 0.15) is 48.5 Å². The van der Waals surface area contributed by atoms with Gasteiger partial charge in [-0.25, -0.2) is 4.68 Å². The van der Waals surface area contributed by atoms with Crippen LogP contribution in [0.15, 0.2) is 41.2 Å². The summed E-state index contributed by atoms with van der Waals surface area (Å²) in [5, 5.41) is 8.35. The largest absolute Gasteiger partial charge is 0.376 e. The van der Waals surface area contributed by atoms with Crippen LogP contribution in [0.4, 0.5) is 0 Å². The zero-order valence-corrected chi connectivity index (χ0v) is 15.2. The van der Waals surface area contributed by atoms with Crippen LogP contribution in [0.5, 0.6) is 0 Å². The van der Waals surface area contributed by atoms with E-state index in [0.717, 1.165) is 56.3 Å². The van der Waals surface area contributed by atoms with Gasteiger partial charge < -0.3 is 10.1 Å². The third-order valence-corrected chi connectivity index (χ3v) is 5.60. The van der Waals surface area contributed by atoms with Crippen LogP contribution in [-0.4, -0.2) is 29.0 Å². The number of nitrogens with zero attached hydrogens (tertiary/aromatic N) is 2. The molecule has 1 saturated carbocycles. The number of rotatable bonds is 5. The standard InChI is InChI=1S/C21H27N3O2/c25-21-14-17-15-26-13-11-20(17)23-24(21)19-8-6-18(7-9-19)22-12-10-16-4-2-1-3-5-16/h1-5,14,18-19,22H,6-13,15H2. The van der Waals surface area contributed by atoms with Crippen molar-refractivity contribution in [2.75, 3.05) is 13.2 Å². The smallest absolute Gasteiger partial charge is 0.267 e. The second kappa shape index (κ2) is 8.14. The van der Waals surface area contributed by atoms with Gasteiger partial charge in [0.05, 0.1) is 24.9 Å². The second-order valence-electron chi connectivity index (χ2n) is 7.40. The van der Waals surface area contributed by atoms with Crippen LogP contribution < -0.4 is 10.9 Å². The minimum Gasteiger partial charge on any atom is -0.376 e. The molecule has 1 aromatic carbocycles. The highest BCUT2D eigenvalue weighted by Gasteiger charge is 2.24. The molecule has 0 atom stereocenters. The minimum atomic E-state index is 0.0229. The molecule has 0 amide bonds. The summed E-state index contributed by atoms with van der Waals surface area (Å²) in [5.74, 6) is 0. The first-order valence-corrected chi connectivity index (χ1v) is 9.76. The third-order valence-electron chi connectivity index (χ3n) is 5.60. The van der Waals surface area contributed by atoms with Gasteiger partial charge >= 0.3 is 0 Å². The number of hydrogen-bond acceptors (Lipinski definition) is 4. The van der Waals surface area contributed by atoms with Gasteiger partial charge in [-0.2, -0.15) is 5.10 Å². The van der Waals surface area contributed by atoms with Gasteiger partial charge in [0.15, 0.2) is 0 Å². The van der Waals surface area contributed by atoms with Crippen molar-refractivity contribution in [3.8, 4) is 0 Å². The fourth-order valence-electron chi connectivity index (χ4n) is 4.08. The van der Waals surface area contributed by atoms with Gasteiger partial charge in [-0.05, 0) is 44.2 Å². The van der Waals surface area contributed by atoms with Gasteiger partial charge in [0.2, 0.25) is 0 Å². The van der Waals surface area contributed by atoms with Gasteiger partial charge in [0, 0.05) is 24.1 Å². The summed E-state index contributed by atoms with van der Waals surface area (Å²) < 4.78 is 7.16.